The third kappa shape index (κ3) is 4.41. The number of carbonyl (C=O) groups is 1. The number of para-hydroxylation sites is 1. The van der Waals surface area contributed by atoms with Crippen molar-refractivity contribution in [2.75, 3.05) is 5.73 Å². The van der Waals surface area contributed by atoms with Crippen molar-refractivity contribution >= 4 is 28.0 Å². The van der Waals surface area contributed by atoms with Gasteiger partial charge in [-0.05, 0) is 35.7 Å². The van der Waals surface area contributed by atoms with Gasteiger partial charge in [-0.25, -0.2) is 9.50 Å². The average molecular weight is 528 g/mol. The Bertz CT molecular complexity index is 2020. The Labute approximate surface area is 229 Å². The zero-order chi connectivity index (χ0) is 27.8. The zero-order valence-corrected chi connectivity index (χ0v) is 21.9. The standard InChI is InChI=1S/C31H25N7O2/c1-20(16-26(39)28-29(32)35-37-15-7-14-33-30(28)37)25-17-23-9-6-8-22(13-12-21-18-34-36(2)19-21)27(23)31(40)38(25)24-10-4-3-5-11-24/h3-11,14-15,17-20H,16H2,1-2H3,(H2,32,35). The first-order chi connectivity index (χ1) is 19.4. The topological polar surface area (TPSA) is 113 Å². The largest absolute Gasteiger partial charge is 0.382 e. The Kier molecular flexibility index (Phi) is 6.21. The van der Waals surface area contributed by atoms with Crippen LogP contribution in [0.4, 0.5) is 5.82 Å². The van der Waals surface area contributed by atoms with Crippen LogP contribution in [0.3, 0.4) is 0 Å². The van der Waals surface area contributed by atoms with Crippen molar-refractivity contribution in [1.82, 2.24) is 28.9 Å². The quantitative estimate of drug-likeness (QED) is 0.267. The van der Waals surface area contributed by atoms with Crippen LogP contribution in [0.15, 0.2) is 90.2 Å². The third-order valence-electron chi connectivity index (χ3n) is 6.83. The molecule has 9 nitrogen and oxygen atoms in total. The summed E-state index contributed by atoms with van der Waals surface area (Å²) < 4.78 is 4.85. The molecule has 1 atom stereocenters. The minimum atomic E-state index is -0.326. The number of Topliss-reactive ketones (excluding diaryl/α,β-unsaturated/α-hetero) is 1. The molecule has 0 aliphatic rings. The minimum absolute atomic E-state index is 0.112. The highest BCUT2D eigenvalue weighted by atomic mass is 16.1. The molecule has 0 aliphatic carbocycles. The molecule has 1 unspecified atom stereocenters. The number of anilines is 1. The van der Waals surface area contributed by atoms with Crippen LogP contribution in [-0.2, 0) is 7.05 Å². The second kappa shape index (κ2) is 10.0. The number of aromatic nitrogens is 6. The smallest absolute Gasteiger partial charge is 0.264 e. The predicted molar refractivity (Wildman–Crippen MR) is 153 cm³/mol. The molecule has 196 valence electrons. The molecule has 4 aromatic heterocycles. The van der Waals surface area contributed by atoms with Crippen LogP contribution < -0.4 is 11.3 Å². The summed E-state index contributed by atoms with van der Waals surface area (Å²) in [4.78, 5) is 32.0. The van der Waals surface area contributed by atoms with Gasteiger partial charge in [0.25, 0.3) is 5.56 Å². The summed E-state index contributed by atoms with van der Waals surface area (Å²) in [7, 11) is 1.83. The Morgan fingerprint density at radius 3 is 2.67 bits per heavy atom. The molecular formula is C31H25N7O2. The maximum atomic E-state index is 14.2. The summed E-state index contributed by atoms with van der Waals surface area (Å²) in [6.07, 6.45) is 6.92. The molecule has 9 heteroatoms. The lowest BCUT2D eigenvalue weighted by Gasteiger charge is -2.20. The number of nitrogens with two attached hydrogens (primary N) is 1. The molecule has 0 saturated carbocycles. The van der Waals surface area contributed by atoms with E-state index in [4.69, 9.17) is 5.73 Å². The Balaban J connectivity index is 1.48. The number of pyridine rings is 1. The van der Waals surface area contributed by atoms with E-state index in [1.54, 1.807) is 33.9 Å². The maximum absolute atomic E-state index is 14.2. The summed E-state index contributed by atoms with van der Waals surface area (Å²) in [5.74, 6) is 5.88. The third-order valence-corrected chi connectivity index (χ3v) is 6.83. The van der Waals surface area contributed by atoms with E-state index in [9.17, 15) is 9.59 Å². The normalized spacial score (nSPS) is 11.8. The number of fused-ring (bicyclic) bond motifs is 2. The van der Waals surface area contributed by atoms with Gasteiger partial charge in [-0.15, -0.1) is 5.10 Å². The van der Waals surface area contributed by atoms with Gasteiger partial charge in [0, 0.05) is 54.9 Å². The van der Waals surface area contributed by atoms with E-state index < -0.39 is 0 Å². The van der Waals surface area contributed by atoms with Crippen LogP contribution in [-0.4, -0.2) is 34.7 Å². The van der Waals surface area contributed by atoms with E-state index in [1.807, 2.05) is 74.8 Å². The first-order valence-electron chi connectivity index (χ1n) is 12.8. The number of rotatable bonds is 5. The predicted octanol–water partition coefficient (Wildman–Crippen LogP) is 4.13. The summed E-state index contributed by atoms with van der Waals surface area (Å²) in [5.41, 5.74) is 9.39. The molecule has 40 heavy (non-hydrogen) atoms. The number of ketones is 1. The van der Waals surface area contributed by atoms with E-state index in [2.05, 4.69) is 27.0 Å². The van der Waals surface area contributed by atoms with Crippen molar-refractivity contribution in [3.05, 3.63) is 118 Å². The van der Waals surface area contributed by atoms with Crippen molar-refractivity contribution in [1.29, 1.82) is 0 Å². The molecule has 6 aromatic rings. The number of nitrogens with zero attached hydrogens (tertiary/aromatic N) is 6. The van der Waals surface area contributed by atoms with E-state index in [1.165, 1.54) is 4.52 Å². The highest BCUT2D eigenvalue weighted by Gasteiger charge is 2.24. The molecule has 0 radical (unpaired) electrons. The highest BCUT2D eigenvalue weighted by Crippen LogP contribution is 2.28. The average Bonchev–Trinajstić information content (AvgIpc) is 3.53. The van der Waals surface area contributed by atoms with Crippen LogP contribution in [0.25, 0.3) is 22.1 Å². The molecule has 2 aromatic carbocycles. The molecule has 6 rings (SSSR count). The van der Waals surface area contributed by atoms with Gasteiger partial charge in [-0.2, -0.15) is 5.10 Å². The lowest BCUT2D eigenvalue weighted by Crippen LogP contribution is -2.24. The van der Waals surface area contributed by atoms with Crippen molar-refractivity contribution in [3.63, 3.8) is 0 Å². The summed E-state index contributed by atoms with van der Waals surface area (Å²) in [6.45, 7) is 1.93. The van der Waals surface area contributed by atoms with Crippen molar-refractivity contribution in [2.24, 2.45) is 7.05 Å². The van der Waals surface area contributed by atoms with E-state index in [-0.39, 0.29) is 35.1 Å². The molecule has 0 spiro atoms. The molecule has 0 bridgehead atoms. The van der Waals surface area contributed by atoms with Gasteiger partial charge < -0.3 is 5.73 Å². The zero-order valence-electron chi connectivity index (χ0n) is 21.9. The second-order valence-electron chi connectivity index (χ2n) is 9.64. The van der Waals surface area contributed by atoms with Crippen LogP contribution in [0, 0.1) is 11.8 Å². The molecular weight excluding hydrogens is 502 g/mol. The fourth-order valence-corrected chi connectivity index (χ4v) is 4.97. The maximum Gasteiger partial charge on any atom is 0.264 e. The number of carbonyl (C=O) groups excluding carboxylic acids is 1. The van der Waals surface area contributed by atoms with Crippen molar-refractivity contribution in [3.8, 4) is 17.5 Å². The lowest BCUT2D eigenvalue weighted by molar-refractivity contribution is 0.0977. The number of hydrogen-bond acceptors (Lipinski definition) is 6. The fraction of sp³-hybridized carbons (Fsp3) is 0.129. The number of hydrogen-bond donors (Lipinski definition) is 1. The van der Waals surface area contributed by atoms with Crippen molar-refractivity contribution in [2.45, 2.75) is 19.3 Å². The van der Waals surface area contributed by atoms with E-state index in [0.29, 0.717) is 28.0 Å². The first kappa shape index (κ1) is 24.8. The molecule has 2 N–H and O–H groups in total. The Hall–Kier alpha value is -5.49. The lowest BCUT2D eigenvalue weighted by atomic mass is 9.94. The Morgan fingerprint density at radius 2 is 1.90 bits per heavy atom. The van der Waals surface area contributed by atoms with Crippen LogP contribution in [0.5, 0.6) is 0 Å². The number of nitrogen functional groups attached to an aromatic ring is 1. The van der Waals surface area contributed by atoms with Crippen molar-refractivity contribution < 1.29 is 4.79 Å². The van der Waals surface area contributed by atoms with Crippen LogP contribution in [0.1, 0.15) is 46.4 Å². The molecule has 0 amide bonds. The molecule has 0 saturated heterocycles. The van der Waals surface area contributed by atoms with Gasteiger partial charge in [-0.1, -0.05) is 49.1 Å². The highest BCUT2D eigenvalue weighted by molar-refractivity contribution is 6.06. The van der Waals surface area contributed by atoms with Gasteiger partial charge >= 0.3 is 0 Å². The summed E-state index contributed by atoms with van der Waals surface area (Å²) in [6, 6.07) is 18.7. The SMILES string of the molecule is CC(CC(=O)c1c(N)nn2cccnc12)c1cc2cccc(C#Cc3cnn(C)c3)c2c(=O)n1-c1ccccc1. The number of benzene rings is 2. The second-order valence-corrected chi connectivity index (χ2v) is 9.64. The molecule has 0 aliphatic heterocycles. The molecule has 0 fully saturated rings. The van der Waals surface area contributed by atoms with E-state index in [0.717, 1.165) is 10.9 Å². The number of aryl methyl sites for hydroxylation is 1. The van der Waals surface area contributed by atoms with Crippen LogP contribution >= 0.6 is 0 Å². The van der Waals surface area contributed by atoms with E-state index >= 15 is 0 Å². The van der Waals surface area contributed by atoms with Gasteiger partial charge in [0.15, 0.2) is 17.2 Å². The van der Waals surface area contributed by atoms with Gasteiger partial charge in [0.2, 0.25) is 0 Å². The Morgan fingerprint density at radius 1 is 1.07 bits per heavy atom. The van der Waals surface area contributed by atoms with Crippen LogP contribution in [0.2, 0.25) is 0 Å². The summed E-state index contributed by atoms with van der Waals surface area (Å²) >= 11 is 0. The minimum Gasteiger partial charge on any atom is -0.382 e. The van der Waals surface area contributed by atoms with Gasteiger partial charge in [0.1, 0.15) is 5.56 Å². The fourth-order valence-electron chi connectivity index (χ4n) is 4.97. The molecule has 4 heterocycles. The van der Waals surface area contributed by atoms with Gasteiger partial charge in [0.05, 0.1) is 17.1 Å². The first-order valence-corrected chi connectivity index (χ1v) is 12.8. The monoisotopic (exact) mass is 527 g/mol. The van der Waals surface area contributed by atoms with Gasteiger partial charge in [-0.3, -0.25) is 18.8 Å². The summed E-state index contributed by atoms with van der Waals surface area (Å²) in [5, 5.41) is 9.65.